The predicted octanol–water partition coefficient (Wildman–Crippen LogP) is 3.46. The number of amides is 2. The number of anilines is 1. The Morgan fingerprint density at radius 2 is 1.87 bits per heavy atom. The fourth-order valence-corrected chi connectivity index (χ4v) is 3.37. The summed E-state index contributed by atoms with van der Waals surface area (Å²) in [5.74, 6) is 1.01. The zero-order chi connectivity index (χ0) is 21.8. The Morgan fingerprint density at radius 3 is 2.57 bits per heavy atom. The van der Waals surface area contributed by atoms with Crippen LogP contribution in [0.5, 0.6) is 11.5 Å². The lowest BCUT2D eigenvalue weighted by atomic mass is 10.1. The van der Waals surface area contributed by atoms with Crippen LogP contribution in [0.1, 0.15) is 29.5 Å². The van der Waals surface area contributed by atoms with Gasteiger partial charge >= 0.3 is 0 Å². The quantitative estimate of drug-likeness (QED) is 0.733. The van der Waals surface area contributed by atoms with Gasteiger partial charge in [-0.2, -0.15) is 5.10 Å². The van der Waals surface area contributed by atoms with Gasteiger partial charge in [0.05, 0.1) is 19.9 Å². The molecule has 0 fully saturated rings. The molecular formula is C23H27N3O4. The normalized spacial score (nSPS) is 13.7. The molecule has 0 aromatic heterocycles. The highest BCUT2D eigenvalue weighted by Gasteiger charge is 2.28. The molecule has 0 N–H and O–H groups in total. The number of hydrogen-bond donors (Lipinski definition) is 0. The molecule has 7 heteroatoms. The number of hydrogen-bond acceptors (Lipinski definition) is 5. The maximum atomic E-state index is 13.1. The molecule has 0 saturated carbocycles. The average Bonchev–Trinajstić information content (AvgIpc) is 2.75. The predicted molar refractivity (Wildman–Crippen MR) is 116 cm³/mol. The molecule has 0 spiro atoms. The van der Waals surface area contributed by atoms with Crippen LogP contribution in [-0.4, -0.2) is 43.7 Å². The fraction of sp³-hybridized carbons (Fsp3) is 0.348. The van der Waals surface area contributed by atoms with Crippen molar-refractivity contribution in [3.63, 3.8) is 0 Å². The number of rotatable bonds is 6. The Balaban J connectivity index is 1.83. The van der Waals surface area contributed by atoms with E-state index in [0.29, 0.717) is 35.9 Å². The van der Waals surface area contributed by atoms with Gasteiger partial charge in [-0.1, -0.05) is 12.1 Å². The number of carbonyl (C=O) groups excluding carboxylic acids is 2. The summed E-state index contributed by atoms with van der Waals surface area (Å²) in [5.41, 5.74) is 3.89. The van der Waals surface area contributed by atoms with E-state index in [9.17, 15) is 9.59 Å². The first kappa shape index (κ1) is 21.4. The van der Waals surface area contributed by atoms with E-state index in [1.54, 1.807) is 32.2 Å². The van der Waals surface area contributed by atoms with Gasteiger partial charge in [0, 0.05) is 38.1 Å². The van der Waals surface area contributed by atoms with Gasteiger partial charge in [0.2, 0.25) is 5.91 Å². The van der Waals surface area contributed by atoms with Crippen molar-refractivity contribution < 1.29 is 19.1 Å². The van der Waals surface area contributed by atoms with Gasteiger partial charge in [0.15, 0.2) is 0 Å². The highest BCUT2D eigenvalue weighted by Crippen LogP contribution is 2.27. The van der Waals surface area contributed by atoms with Crippen molar-refractivity contribution in [3.8, 4) is 11.5 Å². The highest BCUT2D eigenvalue weighted by atomic mass is 16.5. The first-order chi connectivity index (χ1) is 14.3. The molecule has 0 aliphatic carbocycles. The van der Waals surface area contributed by atoms with E-state index < -0.39 is 0 Å². The minimum atomic E-state index is -0.212. The molecule has 158 valence electrons. The number of nitrogens with zero attached hydrogens (tertiary/aromatic N) is 3. The molecule has 0 saturated heterocycles. The van der Waals surface area contributed by atoms with Crippen LogP contribution in [0.3, 0.4) is 0 Å². The molecule has 2 aromatic rings. The van der Waals surface area contributed by atoms with Gasteiger partial charge in [-0.3, -0.25) is 9.59 Å². The van der Waals surface area contributed by atoms with Crippen molar-refractivity contribution in [1.29, 1.82) is 0 Å². The Bertz CT molecular complexity index is 1000. The molecule has 7 nitrogen and oxygen atoms in total. The lowest BCUT2D eigenvalue weighted by molar-refractivity contribution is -0.123. The molecule has 1 aliphatic heterocycles. The third-order valence-corrected chi connectivity index (χ3v) is 5.12. The maximum Gasteiger partial charge on any atom is 0.270 e. The number of hydrazone groups is 1. The number of ether oxygens (including phenoxy) is 2. The zero-order valence-corrected chi connectivity index (χ0v) is 18.1. The van der Waals surface area contributed by atoms with Crippen molar-refractivity contribution in [2.45, 2.75) is 33.2 Å². The average molecular weight is 409 g/mol. The van der Waals surface area contributed by atoms with Gasteiger partial charge in [0.25, 0.3) is 5.91 Å². The van der Waals surface area contributed by atoms with Crippen molar-refractivity contribution in [3.05, 3.63) is 53.1 Å². The fourth-order valence-electron chi connectivity index (χ4n) is 3.37. The van der Waals surface area contributed by atoms with Crippen LogP contribution in [0.2, 0.25) is 0 Å². The first-order valence-electron chi connectivity index (χ1n) is 9.78. The van der Waals surface area contributed by atoms with E-state index >= 15 is 0 Å². The molecule has 2 amide bonds. The van der Waals surface area contributed by atoms with Crippen LogP contribution in [0.25, 0.3) is 0 Å². The molecule has 0 radical (unpaired) electrons. The molecular weight excluding hydrogens is 382 g/mol. The Labute approximate surface area is 176 Å². The highest BCUT2D eigenvalue weighted by molar-refractivity contribution is 6.40. The summed E-state index contributed by atoms with van der Waals surface area (Å²) >= 11 is 0. The maximum absolute atomic E-state index is 13.1. The van der Waals surface area contributed by atoms with Gasteiger partial charge in [-0.25, -0.2) is 5.01 Å². The van der Waals surface area contributed by atoms with E-state index in [2.05, 4.69) is 5.10 Å². The summed E-state index contributed by atoms with van der Waals surface area (Å²) in [6.45, 7) is 4.24. The third kappa shape index (κ3) is 4.45. The lowest BCUT2D eigenvalue weighted by Crippen LogP contribution is -2.40. The Hall–Kier alpha value is -3.35. The van der Waals surface area contributed by atoms with E-state index in [1.807, 2.05) is 44.2 Å². The molecule has 0 unspecified atom stereocenters. The summed E-state index contributed by atoms with van der Waals surface area (Å²) in [5, 5.41) is 5.79. The van der Waals surface area contributed by atoms with Crippen LogP contribution in [0, 0.1) is 13.8 Å². The van der Waals surface area contributed by atoms with Gasteiger partial charge < -0.3 is 14.4 Å². The SMILES string of the molecule is COc1ccc(CN(C)C(=O)C2=NN(c3cc(C)ccc3C)C(=O)CC2)c(OC)c1. The molecule has 3 rings (SSSR count). The molecule has 0 atom stereocenters. The Kier molecular flexibility index (Phi) is 6.40. The van der Waals surface area contributed by atoms with Crippen LogP contribution >= 0.6 is 0 Å². The summed E-state index contributed by atoms with van der Waals surface area (Å²) < 4.78 is 10.7. The largest absolute Gasteiger partial charge is 0.497 e. The Morgan fingerprint density at radius 1 is 1.10 bits per heavy atom. The van der Waals surface area contributed by atoms with Gasteiger partial charge in [-0.05, 0) is 43.2 Å². The number of benzene rings is 2. The second kappa shape index (κ2) is 8.98. The number of methoxy groups -OCH3 is 2. The molecule has 1 heterocycles. The van der Waals surface area contributed by atoms with Crippen LogP contribution < -0.4 is 14.5 Å². The van der Waals surface area contributed by atoms with Gasteiger partial charge in [-0.15, -0.1) is 0 Å². The van der Waals surface area contributed by atoms with Crippen molar-refractivity contribution in [2.24, 2.45) is 5.10 Å². The van der Waals surface area contributed by atoms with Crippen molar-refractivity contribution in [2.75, 3.05) is 26.3 Å². The van der Waals surface area contributed by atoms with Crippen molar-refractivity contribution in [1.82, 2.24) is 4.90 Å². The molecule has 2 aromatic carbocycles. The third-order valence-electron chi connectivity index (χ3n) is 5.12. The molecule has 1 aliphatic rings. The first-order valence-corrected chi connectivity index (χ1v) is 9.78. The van der Waals surface area contributed by atoms with E-state index in [1.165, 1.54) is 5.01 Å². The zero-order valence-electron chi connectivity index (χ0n) is 18.1. The number of carbonyl (C=O) groups is 2. The van der Waals surface area contributed by atoms with E-state index in [0.717, 1.165) is 16.7 Å². The summed E-state index contributed by atoms with van der Waals surface area (Å²) in [7, 11) is 4.89. The monoisotopic (exact) mass is 409 g/mol. The minimum absolute atomic E-state index is 0.111. The number of aryl methyl sites for hydroxylation is 2. The summed E-state index contributed by atoms with van der Waals surface area (Å²) in [6, 6.07) is 11.3. The van der Waals surface area contributed by atoms with E-state index in [4.69, 9.17) is 9.47 Å². The van der Waals surface area contributed by atoms with Crippen LogP contribution in [-0.2, 0) is 16.1 Å². The van der Waals surface area contributed by atoms with Crippen molar-refractivity contribution >= 4 is 23.2 Å². The van der Waals surface area contributed by atoms with Gasteiger partial charge in [0.1, 0.15) is 17.2 Å². The smallest absolute Gasteiger partial charge is 0.270 e. The lowest BCUT2D eigenvalue weighted by Gasteiger charge is -2.27. The van der Waals surface area contributed by atoms with E-state index in [-0.39, 0.29) is 18.2 Å². The summed E-state index contributed by atoms with van der Waals surface area (Å²) in [6.07, 6.45) is 0.570. The topological polar surface area (TPSA) is 71.4 Å². The summed E-state index contributed by atoms with van der Waals surface area (Å²) in [4.78, 5) is 27.1. The minimum Gasteiger partial charge on any atom is -0.497 e. The van der Waals surface area contributed by atoms with Crippen LogP contribution in [0.4, 0.5) is 5.69 Å². The second-order valence-electron chi connectivity index (χ2n) is 7.38. The molecule has 0 bridgehead atoms. The van der Waals surface area contributed by atoms with Crippen LogP contribution in [0.15, 0.2) is 41.5 Å². The second-order valence-corrected chi connectivity index (χ2v) is 7.38. The molecule has 30 heavy (non-hydrogen) atoms. The standard InChI is InChI=1S/C23H27N3O4/c1-15-6-7-16(2)20(12-15)26-22(27)11-10-19(24-26)23(28)25(3)14-17-8-9-18(29-4)13-21(17)30-5/h6-9,12-13H,10-11,14H2,1-5H3.